The fourth-order valence-electron chi connectivity index (χ4n) is 2.42. The maximum atomic E-state index is 11.8. The molecular formula is C18H23N3O6. The minimum atomic E-state index is -1.30. The number of aromatic nitrogens is 1. The van der Waals surface area contributed by atoms with Crippen molar-refractivity contribution in [1.29, 1.82) is 0 Å². The Hall–Kier alpha value is -2.97. The van der Waals surface area contributed by atoms with Crippen LogP contribution in [0.2, 0.25) is 0 Å². The molecule has 146 valence electrons. The van der Waals surface area contributed by atoms with E-state index in [2.05, 4.69) is 10.3 Å². The topological polar surface area (TPSA) is 137 Å². The number of ether oxygens (including phenoxy) is 2. The molecule has 1 heterocycles. The van der Waals surface area contributed by atoms with Crippen LogP contribution in [0.1, 0.15) is 45.4 Å². The van der Waals surface area contributed by atoms with E-state index in [0.717, 1.165) is 12.8 Å². The number of carbonyl (C=O) groups is 2. The van der Waals surface area contributed by atoms with Crippen LogP contribution >= 0.6 is 0 Å². The van der Waals surface area contributed by atoms with Crippen molar-refractivity contribution in [2.75, 3.05) is 12.3 Å². The van der Waals surface area contributed by atoms with Gasteiger partial charge in [0.2, 0.25) is 0 Å². The zero-order valence-corrected chi connectivity index (χ0v) is 15.4. The summed E-state index contributed by atoms with van der Waals surface area (Å²) in [6.07, 6.45) is 1.28. The van der Waals surface area contributed by atoms with Gasteiger partial charge in [0.25, 0.3) is 0 Å². The molecule has 0 bridgehead atoms. The summed E-state index contributed by atoms with van der Waals surface area (Å²) in [4.78, 5) is 27.6. The van der Waals surface area contributed by atoms with Crippen molar-refractivity contribution in [3.63, 3.8) is 0 Å². The molecule has 1 aliphatic carbocycles. The molecule has 1 aliphatic rings. The first kappa shape index (κ1) is 18.8. The highest BCUT2D eigenvalue weighted by Crippen LogP contribution is 2.41. The van der Waals surface area contributed by atoms with Crippen molar-refractivity contribution in [2.45, 2.75) is 51.2 Å². The first-order valence-corrected chi connectivity index (χ1v) is 8.67. The summed E-state index contributed by atoms with van der Waals surface area (Å²) in [5.74, 6) is 0.0577. The number of hydrogen-bond acceptors (Lipinski definition) is 7. The molecule has 0 spiro atoms. The predicted molar refractivity (Wildman–Crippen MR) is 96.7 cm³/mol. The second kappa shape index (κ2) is 6.98. The third-order valence-corrected chi connectivity index (χ3v) is 3.86. The number of alkyl carbamates (subject to hydrolysis) is 1. The van der Waals surface area contributed by atoms with Gasteiger partial charge in [-0.1, -0.05) is 0 Å². The summed E-state index contributed by atoms with van der Waals surface area (Å²) < 4.78 is 16.3. The van der Waals surface area contributed by atoms with Crippen LogP contribution in [0.5, 0.6) is 5.75 Å². The number of carboxylic acid groups (broad SMARTS) is 1. The lowest BCUT2D eigenvalue weighted by atomic mass is 10.2. The van der Waals surface area contributed by atoms with E-state index in [1.807, 2.05) is 0 Å². The number of anilines is 1. The number of amides is 1. The standard InChI is InChI=1S/C18H23N3O6/c1-18(2,3)27-17(24)21-12(16(22)23)8-25-13-7-11-14(6-10(13)19)26-15(20-11)9-4-5-9/h6-7,9,12H,4-5,8,19H2,1-3H3,(H,21,24)(H,22,23)/t12-/m0/s1. The maximum Gasteiger partial charge on any atom is 0.408 e. The van der Waals surface area contributed by atoms with Gasteiger partial charge >= 0.3 is 12.1 Å². The van der Waals surface area contributed by atoms with Gasteiger partial charge in [0.05, 0.1) is 5.69 Å². The van der Waals surface area contributed by atoms with E-state index in [-0.39, 0.29) is 12.4 Å². The summed E-state index contributed by atoms with van der Waals surface area (Å²) >= 11 is 0. The van der Waals surface area contributed by atoms with Gasteiger partial charge in [0.15, 0.2) is 17.5 Å². The van der Waals surface area contributed by atoms with Crippen LogP contribution in [-0.2, 0) is 9.53 Å². The van der Waals surface area contributed by atoms with Crippen LogP contribution in [-0.4, -0.2) is 40.4 Å². The third kappa shape index (κ3) is 4.81. The molecule has 2 aromatic rings. The molecule has 4 N–H and O–H groups in total. The molecule has 0 radical (unpaired) electrons. The summed E-state index contributed by atoms with van der Waals surface area (Å²) in [5, 5.41) is 11.6. The first-order valence-electron chi connectivity index (χ1n) is 8.67. The Labute approximate surface area is 155 Å². The van der Waals surface area contributed by atoms with Crippen LogP contribution in [0.4, 0.5) is 10.5 Å². The summed E-state index contributed by atoms with van der Waals surface area (Å²) in [6, 6.07) is 1.90. The first-order chi connectivity index (χ1) is 12.6. The van der Waals surface area contributed by atoms with Gasteiger partial charge in [-0.15, -0.1) is 0 Å². The molecule has 1 saturated carbocycles. The van der Waals surface area contributed by atoms with Crippen LogP contribution in [0.3, 0.4) is 0 Å². The average Bonchev–Trinajstić information content (AvgIpc) is 3.30. The lowest BCUT2D eigenvalue weighted by Crippen LogP contribution is -2.46. The Morgan fingerprint density at radius 3 is 2.70 bits per heavy atom. The number of carbonyl (C=O) groups excluding carboxylic acids is 1. The Morgan fingerprint density at radius 2 is 2.11 bits per heavy atom. The number of benzene rings is 1. The molecule has 1 atom stereocenters. The number of nitrogens with zero attached hydrogens (tertiary/aromatic N) is 1. The van der Waals surface area contributed by atoms with Crippen molar-refractivity contribution in [3.8, 4) is 5.75 Å². The second-order valence-electron chi connectivity index (χ2n) is 7.53. The quantitative estimate of drug-likeness (QED) is 0.653. The molecule has 0 aliphatic heterocycles. The van der Waals surface area contributed by atoms with E-state index < -0.39 is 23.7 Å². The normalized spacial score (nSPS) is 15.4. The van der Waals surface area contributed by atoms with Gasteiger partial charge in [0.1, 0.15) is 23.5 Å². The van der Waals surface area contributed by atoms with Crippen molar-refractivity contribution in [2.24, 2.45) is 0 Å². The smallest absolute Gasteiger partial charge is 0.408 e. The number of nitrogens with one attached hydrogen (secondary N) is 1. The largest absolute Gasteiger partial charge is 0.489 e. The number of nitrogen functional groups attached to an aromatic ring is 1. The molecular weight excluding hydrogens is 354 g/mol. The number of aliphatic carboxylic acids is 1. The van der Waals surface area contributed by atoms with Gasteiger partial charge in [-0.25, -0.2) is 14.6 Å². The SMILES string of the molecule is CC(C)(C)OC(=O)N[C@@H](COc1cc2nc(C3CC3)oc2cc1N)C(=O)O. The van der Waals surface area contributed by atoms with E-state index in [1.54, 1.807) is 32.9 Å². The molecule has 0 saturated heterocycles. The minimum absolute atomic E-state index is 0.274. The van der Waals surface area contributed by atoms with Crippen molar-refractivity contribution in [3.05, 3.63) is 18.0 Å². The Bertz CT molecular complexity index is 866. The zero-order valence-electron chi connectivity index (χ0n) is 15.4. The van der Waals surface area contributed by atoms with E-state index in [4.69, 9.17) is 19.6 Å². The lowest BCUT2D eigenvalue weighted by molar-refractivity contribution is -0.140. The number of hydrogen-bond donors (Lipinski definition) is 3. The van der Waals surface area contributed by atoms with Crippen LogP contribution < -0.4 is 15.8 Å². The molecule has 3 rings (SSSR count). The Balaban J connectivity index is 1.68. The summed E-state index contributed by atoms with van der Waals surface area (Å²) in [5.41, 5.74) is 6.67. The number of fused-ring (bicyclic) bond motifs is 1. The summed E-state index contributed by atoms with van der Waals surface area (Å²) in [7, 11) is 0. The monoisotopic (exact) mass is 377 g/mol. The van der Waals surface area contributed by atoms with Crippen molar-refractivity contribution >= 4 is 28.8 Å². The van der Waals surface area contributed by atoms with E-state index in [0.29, 0.717) is 28.6 Å². The zero-order chi connectivity index (χ0) is 19.8. The lowest BCUT2D eigenvalue weighted by Gasteiger charge is -2.22. The van der Waals surface area contributed by atoms with Crippen LogP contribution in [0.25, 0.3) is 11.1 Å². The van der Waals surface area contributed by atoms with Crippen molar-refractivity contribution in [1.82, 2.24) is 10.3 Å². The number of carboxylic acids is 1. The molecule has 1 amide bonds. The van der Waals surface area contributed by atoms with Crippen molar-refractivity contribution < 1.29 is 28.6 Å². The average molecular weight is 377 g/mol. The predicted octanol–water partition coefficient (Wildman–Crippen LogP) is 2.64. The Morgan fingerprint density at radius 1 is 1.41 bits per heavy atom. The molecule has 1 aromatic carbocycles. The van der Waals surface area contributed by atoms with Gasteiger partial charge in [-0.2, -0.15) is 0 Å². The van der Waals surface area contributed by atoms with Gasteiger partial charge in [0, 0.05) is 18.1 Å². The molecule has 9 heteroatoms. The molecule has 9 nitrogen and oxygen atoms in total. The van der Waals surface area contributed by atoms with Gasteiger partial charge in [-0.3, -0.25) is 0 Å². The highest BCUT2D eigenvalue weighted by Gasteiger charge is 2.29. The van der Waals surface area contributed by atoms with Gasteiger partial charge < -0.3 is 30.0 Å². The molecule has 1 aromatic heterocycles. The number of nitrogens with two attached hydrogens (primary N) is 1. The fraction of sp³-hybridized carbons (Fsp3) is 0.500. The highest BCUT2D eigenvalue weighted by atomic mass is 16.6. The van der Waals surface area contributed by atoms with E-state index in [9.17, 15) is 14.7 Å². The Kier molecular flexibility index (Phi) is 4.86. The molecule has 1 fully saturated rings. The number of oxazole rings is 1. The van der Waals surface area contributed by atoms with Crippen LogP contribution in [0, 0.1) is 0 Å². The fourth-order valence-corrected chi connectivity index (χ4v) is 2.42. The highest BCUT2D eigenvalue weighted by molar-refractivity contribution is 5.82. The van der Waals surface area contributed by atoms with E-state index >= 15 is 0 Å². The van der Waals surface area contributed by atoms with Crippen LogP contribution in [0.15, 0.2) is 16.5 Å². The molecule has 27 heavy (non-hydrogen) atoms. The van der Waals surface area contributed by atoms with Gasteiger partial charge in [-0.05, 0) is 33.6 Å². The maximum absolute atomic E-state index is 11.8. The second-order valence-corrected chi connectivity index (χ2v) is 7.53. The van der Waals surface area contributed by atoms with E-state index in [1.165, 1.54) is 0 Å². The molecule has 0 unspecified atom stereocenters. The third-order valence-electron chi connectivity index (χ3n) is 3.86. The minimum Gasteiger partial charge on any atom is -0.489 e. The summed E-state index contributed by atoms with van der Waals surface area (Å²) in [6.45, 7) is 4.73. The number of rotatable bonds is 6.